The third-order valence-electron chi connectivity index (χ3n) is 2.22. The first-order valence-electron chi connectivity index (χ1n) is 5.73. The topological polar surface area (TPSA) is 46.5 Å². The summed E-state index contributed by atoms with van der Waals surface area (Å²) in [6, 6.07) is 0. The van der Waals surface area contributed by atoms with Crippen LogP contribution in [-0.2, 0) is 9.53 Å². The average Bonchev–Trinajstić information content (AvgIpc) is 2.14. The van der Waals surface area contributed by atoms with E-state index in [0.717, 1.165) is 25.7 Å². The first-order valence-corrected chi connectivity index (χ1v) is 5.73. The number of carbonyl (C=O) groups is 1. The molecule has 0 heterocycles. The SMILES string of the molecule is CCCCC[C@H](CO)OC(=O)C(C)(C)C. The molecule has 0 saturated heterocycles. The Kier molecular flexibility index (Phi) is 6.57. The second-order valence-corrected chi connectivity index (χ2v) is 4.96. The van der Waals surface area contributed by atoms with Crippen molar-refractivity contribution in [2.45, 2.75) is 59.5 Å². The zero-order chi connectivity index (χ0) is 11.9. The number of aliphatic hydroxyl groups is 1. The number of aliphatic hydroxyl groups excluding tert-OH is 1. The Bertz CT molecular complexity index is 182. The highest BCUT2D eigenvalue weighted by Gasteiger charge is 2.25. The van der Waals surface area contributed by atoms with E-state index >= 15 is 0 Å². The van der Waals surface area contributed by atoms with Crippen LogP contribution >= 0.6 is 0 Å². The van der Waals surface area contributed by atoms with Crippen molar-refractivity contribution >= 4 is 5.97 Å². The molecule has 0 saturated carbocycles. The van der Waals surface area contributed by atoms with Crippen LogP contribution in [0.25, 0.3) is 0 Å². The van der Waals surface area contributed by atoms with Gasteiger partial charge in [0.1, 0.15) is 6.10 Å². The Labute approximate surface area is 92.8 Å². The second kappa shape index (κ2) is 6.83. The van der Waals surface area contributed by atoms with E-state index in [9.17, 15) is 4.79 Å². The summed E-state index contributed by atoms with van der Waals surface area (Å²) in [5, 5.41) is 9.06. The summed E-state index contributed by atoms with van der Waals surface area (Å²) in [6.07, 6.45) is 3.67. The van der Waals surface area contributed by atoms with Crippen LogP contribution < -0.4 is 0 Å². The van der Waals surface area contributed by atoms with Crippen molar-refractivity contribution in [1.82, 2.24) is 0 Å². The number of hydrogen-bond donors (Lipinski definition) is 1. The summed E-state index contributed by atoms with van der Waals surface area (Å²) < 4.78 is 5.22. The van der Waals surface area contributed by atoms with Crippen molar-refractivity contribution in [3.8, 4) is 0 Å². The molecule has 3 nitrogen and oxygen atoms in total. The number of ether oxygens (including phenoxy) is 1. The monoisotopic (exact) mass is 216 g/mol. The molecule has 0 radical (unpaired) electrons. The predicted molar refractivity (Wildman–Crippen MR) is 60.6 cm³/mol. The zero-order valence-corrected chi connectivity index (χ0v) is 10.4. The molecular formula is C12H24O3. The van der Waals surface area contributed by atoms with Gasteiger partial charge in [-0.2, -0.15) is 0 Å². The molecule has 0 amide bonds. The van der Waals surface area contributed by atoms with E-state index < -0.39 is 5.41 Å². The van der Waals surface area contributed by atoms with E-state index in [2.05, 4.69) is 6.92 Å². The minimum Gasteiger partial charge on any atom is -0.460 e. The molecule has 0 spiro atoms. The summed E-state index contributed by atoms with van der Waals surface area (Å²) in [5.74, 6) is -0.238. The average molecular weight is 216 g/mol. The van der Waals surface area contributed by atoms with Gasteiger partial charge in [0.15, 0.2) is 0 Å². The second-order valence-electron chi connectivity index (χ2n) is 4.96. The summed E-state index contributed by atoms with van der Waals surface area (Å²) in [5.41, 5.74) is -0.488. The summed E-state index contributed by atoms with van der Waals surface area (Å²) in [7, 11) is 0. The van der Waals surface area contributed by atoms with E-state index in [0.29, 0.717) is 0 Å². The Morgan fingerprint density at radius 2 is 1.93 bits per heavy atom. The van der Waals surface area contributed by atoms with Crippen LogP contribution in [0, 0.1) is 5.41 Å². The van der Waals surface area contributed by atoms with Crippen LogP contribution in [0.15, 0.2) is 0 Å². The molecule has 0 aromatic rings. The molecule has 0 aliphatic rings. The van der Waals surface area contributed by atoms with Gasteiger partial charge in [0, 0.05) is 0 Å². The molecule has 0 unspecified atom stereocenters. The van der Waals surface area contributed by atoms with Gasteiger partial charge in [0.25, 0.3) is 0 Å². The van der Waals surface area contributed by atoms with Gasteiger partial charge in [0.05, 0.1) is 12.0 Å². The van der Waals surface area contributed by atoms with Gasteiger partial charge in [-0.1, -0.05) is 19.8 Å². The van der Waals surface area contributed by atoms with Crippen molar-refractivity contribution in [1.29, 1.82) is 0 Å². The minimum absolute atomic E-state index is 0.0778. The fraction of sp³-hybridized carbons (Fsp3) is 0.917. The van der Waals surface area contributed by atoms with Gasteiger partial charge in [0.2, 0.25) is 0 Å². The minimum atomic E-state index is -0.488. The van der Waals surface area contributed by atoms with Crippen molar-refractivity contribution in [3.05, 3.63) is 0 Å². The lowest BCUT2D eigenvalue weighted by Crippen LogP contribution is -2.30. The van der Waals surface area contributed by atoms with Gasteiger partial charge >= 0.3 is 5.97 Å². The molecule has 0 aliphatic heterocycles. The van der Waals surface area contributed by atoms with Gasteiger partial charge in [-0.05, 0) is 33.6 Å². The highest BCUT2D eigenvalue weighted by molar-refractivity contribution is 5.75. The lowest BCUT2D eigenvalue weighted by atomic mass is 9.97. The van der Waals surface area contributed by atoms with Gasteiger partial charge in [-0.25, -0.2) is 0 Å². The summed E-state index contributed by atoms with van der Waals surface area (Å²) in [6.45, 7) is 7.49. The van der Waals surface area contributed by atoms with Crippen molar-refractivity contribution < 1.29 is 14.6 Å². The lowest BCUT2D eigenvalue weighted by Gasteiger charge is -2.22. The van der Waals surface area contributed by atoms with Crippen LogP contribution in [0.5, 0.6) is 0 Å². The van der Waals surface area contributed by atoms with Gasteiger partial charge in [-0.15, -0.1) is 0 Å². The molecule has 0 aromatic heterocycles. The highest BCUT2D eigenvalue weighted by atomic mass is 16.6. The maximum absolute atomic E-state index is 11.5. The first kappa shape index (κ1) is 14.4. The molecule has 0 fully saturated rings. The number of carbonyl (C=O) groups excluding carboxylic acids is 1. The van der Waals surface area contributed by atoms with E-state index in [1.54, 1.807) is 0 Å². The van der Waals surface area contributed by atoms with Crippen LogP contribution in [-0.4, -0.2) is 23.8 Å². The highest BCUT2D eigenvalue weighted by Crippen LogP contribution is 2.18. The molecule has 1 N–H and O–H groups in total. The Morgan fingerprint density at radius 3 is 2.33 bits per heavy atom. The Hall–Kier alpha value is -0.570. The van der Waals surface area contributed by atoms with Crippen LogP contribution in [0.4, 0.5) is 0 Å². The standard InChI is InChI=1S/C12H24O3/c1-5-6-7-8-10(9-13)15-11(14)12(2,3)4/h10,13H,5-9H2,1-4H3/t10-/m1/s1. The molecule has 90 valence electrons. The molecule has 0 bridgehead atoms. The van der Waals surface area contributed by atoms with E-state index in [1.165, 1.54) is 0 Å². The van der Waals surface area contributed by atoms with E-state index in [1.807, 2.05) is 20.8 Å². The molecule has 1 atom stereocenters. The summed E-state index contributed by atoms with van der Waals surface area (Å²) >= 11 is 0. The maximum Gasteiger partial charge on any atom is 0.311 e. The third-order valence-corrected chi connectivity index (χ3v) is 2.22. The smallest absolute Gasteiger partial charge is 0.311 e. The number of unbranched alkanes of at least 4 members (excludes halogenated alkanes) is 2. The normalized spacial score (nSPS) is 13.7. The van der Waals surface area contributed by atoms with E-state index in [-0.39, 0.29) is 18.7 Å². The Balaban J connectivity index is 3.94. The van der Waals surface area contributed by atoms with E-state index in [4.69, 9.17) is 9.84 Å². The van der Waals surface area contributed by atoms with Crippen molar-refractivity contribution in [2.24, 2.45) is 5.41 Å². The fourth-order valence-electron chi connectivity index (χ4n) is 1.14. The third kappa shape index (κ3) is 6.50. The molecule has 15 heavy (non-hydrogen) atoms. The maximum atomic E-state index is 11.5. The van der Waals surface area contributed by atoms with Crippen LogP contribution in [0.3, 0.4) is 0 Å². The van der Waals surface area contributed by atoms with Crippen LogP contribution in [0.1, 0.15) is 53.4 Å². The first-order chi connectivity index (χ1) is 6.91. The fourth-order valence-corrected chi connectivity index (χ4v) is 1.14. The quantitative estimate of drug-likeness (QED) is 0.548. The van der Waals surface area contributed by atoms with Crippen LogP contribution in [0.2, 0.25) is 0 Å². The molecule has 0 aromatic carbocycles. The van der Waals surface area contributed by atoms with Crippen molar-refractivity contribution in [3.63, 3.8) is 0 Å². The van der Waals surface area contributed by atoms with Gasteiger partial charge < -0.3 is 9.84 Å². The Morgan fingerprint density at radius 1 is 1.33 bits per heavy atom. The molecule has 0 aliphatic carbocycles. The summed E-state index contributed by atoms with van der Waals surface area (Å²) in [4.78, 5) is 11.5. The molecule has 3 heteroatoms. The number of esters is 1. The molecule has 0 rings (SSSR count). The van der Waals surface area contributed by atoms with Crippen molar-refractivity contribution in [2.75, 3.05) is 6.61 Å². The zero-order valence-electron chi connectivity index (χ0n) is 10.4. The number of rotatable bonds is 6. The largest absolute Gasteiger partial charge is 0.460 e. The molecular weight excluding hydrogens is 192 g/mol. The lowest BCUT2D eigenvalue weighted by molar-refractivity contribution is -0.161. The predicted octanol–water partition coefficient (Wildman–Crippen LogP) is 2.52. The number of hydrogen-bond acceptors (Lipinski definition) is 3. The van der Waals surface area contributed by atoms with Gasteiger partial charge in [-0.3, -0.25) is 4.79 Å².